The van der Waals surface area contributed by atoms with E-state index in [1.165, 1.54) is 116 Å². The molecular weight excluding hydrogens is 398 g/mol. The van der Waals surface area contributed by atoms with Crippen LogP contribution >= 0.6 is 0 Å². The van der Waals surface area contributed by atoms with Crippen LogP contribution in [-0.4, -0.2) is 17.0 Å². The third kappa shape index (κ3) is 4.59. The Morgan fingerprint density at radius 2 is 1.64 bits per heavy atom. The Bertz CT molecular complexity index is 880. The van der Waals surface area contributed by atoms with E-state index in [2.05, 4.69) is 35.3 Å². The highest BCUT2D eigenvalue weighted by molar-refractivity contribution is 5.43. The number of rotatable bonds is 4. The molecule has 1 heteroatoms. The first kappa shape index (κ1) is 22.0. The number of hydrogen-bond acceptors (Lipinski definition) is 1. The molecule has 0 amide bonds. The normalized spacial score (nSPS) is 34.6. The van der Waals surface area contributed by atoms with E-state index < -0.39 is 0 Å². The summed E-state index contributed by atoms with van der Waals surface area (Å²) >= 11 is 0. The van der Waals surface area contributed by atoms with Crippen LogP contribution in [0.3, 0.4) is 0 Å². The lowest BCUT2D eigenvalue weighted by molar-refractivity contribution is 0.169. The molecule has 33 heavy (non-hydrogen) atoms. The highest BCUT2D eigenvalue weighted by Crippen LogP contribution is 2.49. The number of hydrogen-bond donors (Lipinski definition) is 0. The van der Waals surface area contributed by atoms with Gasteiger partial charge in [-0.3, -0.25) is 0 Å². The molecule has 4 unspecified atom stereocenters. The van der Waals surface area contributed by atoms with Gasteiger partial charge in [-0.05, 0) is 139 Å². The molecular formula is C32H45N. The number of fused-ring (bicyclic) bond motifs is 2. The van der Waals surface area contributed by atoms with Crippen molar-refractivity contribution in [1.82, 2.24) is 4.90 Å². The molecule has 6 aliphatic carbocycles. The van der Waals surface area contributed by atoms with Gasteiger partial charge in [0, 0.05) is 17.8 Å². The first-order valence-corrected chi connectivity index (χ1v) is 14.6. The largest absolute Gasteiger partial charge is 0.365 e. The zero-order valence-corrected chi connectivity index (χ0v) is 20.9. The Balaban J connectivity index is 1.21. The maximum atomic E-state index is 2.94. The van der Waals surface area contributed by atoms with Gasteiger partial charge in [0.25, 0.3) is 0 Å². The fourth-order valence-corrected chi connectivity index (χ4v) is 8.17. The van der Waals surface area contributed by atoms with Gasteiger partial charge in [-0.25, -0.2) is 0 Å². The Labute approximate surface area is 202 Å². The van der Waals surface area contributed by atoms with Crippen LogP contribution in [0, 0.1) is 11.8 Å². The standard InChI is InChI=1S/C32H45N/c1-4-10-24(11-5-1)25-18-20-31-26(22-25)16-17-27-23-30(19-21-32(27)31)33(28-12-6-2-7-13-28)29-14-8-3-9-15-29/h6,10,12,14,20,25-26,28,30H,1-5,7-9,11,13,15-19,21-23H2. The van der Waals surface area contributed by atoms with Crippen molar-refractivity contribution in [3.8, 4) is 0 Å². The molecule has 0 aromatic rings. The van der Waals surface area contributed by atoms with Crippen molar-refractivity contribution in [2.45, 2.75) is 128 Å². The summed E-state index contributed by atoms with van der Waals surface area (Å²) in [5.41, 5.74) is 9.00. The molecule has 0 spiro atoms. The average molecular weight is 444 g/mol. The molecule has 0 aliphatic heterocycles. The van der Waals surface area contributed by atoms with Crippen molar-refractivity contribution < 1.29 is 0 Å². The Morgan fingerprint density at radius 3 is 2.42 bits per heavy atom. The molecule has 1 nitrogen and oxygen atoms in total. The van der Waals surface area contributed by atoms with Gasteiger partial charge in [-0.15, -0.1) is 0 Å². The monoisotopic (exact) mass is 443 g/mol. The van der Waals surface area contributed by atoms with E-state index in [-0.39, 0.29) is 0 Å². The van der Waals surface area contributed by atoms with Crippen molar-refractivity contribution >= 4 is 0 Å². The van der Waals surface area contributed by atoms with Crippen LogP contribution in [0.25, 0.3) is 0 Å². The third-order valence-electron chi connectivity index (χ3n) is 9.84. The SMILES string of the molecule is C1=CC(N(C2=CCCCC2)C2CCC3=C(CCC4CC(C5=CCCCC5)CC=C34)C2)CCC1. The molecule has 178 valence electrons. The fourth-order valence-electron chi connectivity index (χ4n) is 8.17. The maximum absolute atomic E-state index is 2.94. The van der Waals surface area contributed by atoms with Crippen molar-refractivity contribution in [2.24, 2.45) is 11.8 Å². The topological polar surface area (TPSA) is 3.24 Å². The van der Waals surface area contributed by atoms with Gasteiger partial charge >= 0.3 is 0 Å². The predicted octanol–water partition coefficient (Wildman–Crippen LogP) is 8.95. The van der Waals surface area contributed by atoms with E-state index >= 15 is 0 Å². The number of nitrogens with zero attached hydrogens (tertiary/aromatic N) is 1. The predicted molar refractivity (Wildman–Crippen MR) is 140 cm³/mol. The van der Waals surface area contributed by atoms with E-state index in [1.807, 2.05) is 22.3 Å². The van der Waals surface area contributed by atoms with Crippen LogP contribution in [0.2, 0.25) is 0 Å². The van der Waals surface area contributed by atoms with Crippen LogP contribution in [0.4, 0.5) is 0 Å². The minimum atomic E-state index is 0.657. The van der Waals surface area contributed by atoms with Crippen molar-refractivity contribution in [3.63, 3.8) is 0 Å². The quantitative estimate of drug-likeness (QED) is 0.392. The minimum Gasteiger partial charge on any atom is -0.365 e. The van der Waals surface area contributed by atoms with Crippen LogP contribution < -0.4 is 0 Å². The Morgan fingerprint density at radius 1 is 0.727 bits per heavy atom. The van der Waals surface area contributed by atoms with Gasteiger partial charge in [0.05, 0.1) is 0 Å². The zero-order chi connectivity index (χ0) is 22.0. The molecule has 0 fully saturated rings. The van der Waals surface area contributed by atoms with Gasteiger partial charge in [-0.2, -0.15) is 0 Å². The molecule has 0 saturated heterocycles. The summed E-state index contributed by atoms with van der Waals surface area (Å²) in [7, 11) is 0. The van der Waals surface area contributed by atoms with Crippen LogP contribution in [0.15, 0.2) is 58.4 Å². The Kier molecular flexibility index (Phi) is 6.67. The van der Waals surface area contributed by atoms with E-state index in [4.69, 9.17) is 0 Å². The molecule has 6 rings (SSSR count). The third-order valence-corrected chi connectivity index (χ3v) is 9.84. The molecule has 0 aromatic heterocycles. The first-order chi connectivity index (χ1) is 16.4. The van der Waals surface area contributed by atoms with Gasteiger partial charge in [0.15, 0.2) is 0 Å². The smallest absolute Gasteiger partial charge is 0.0473 e. The van der Waals surface area contributed by atoms with E-state index in [1.54, 1.807) is 5.70 Å². The second kappa shape index (κ2) is 10.0. The van der Waals surface area contributed by atoms with E-state index in [0.29, 0.717) is 6.04 Å². The second-order valence-electron chi connectivity index (χ2n) is 11.8. The zero-order valence-electron chi connectivity index (χ0n) is 20.9. The Hall–Kier alpha value is -1.50. The van der Waals surface area contributed by atoms with Gasteiger partial charge in [0.2, 0.25) is 0 Å². The molecule has 0 saturated carbocycles. The summed E-state index contributed by atoms with van der Waals surface area (Å²) in [6, 6.07) is 1.40. The molecule has 0 aromatic carbocycles. The molecule has 0 radical (unpaired) electrons. The lowest BCUT2D eigenvalue weighted by Crippen LogP contribution is -2.44. The average Bonchev–Trinajstić information content (AvgIpc) is 2.90. The summed E-state index contributed by atoms with van der Waals surface area (Å²) < 4.78 is 0. The van der Waals surface area contributed by atoms with Gasteiger partial charge in [-0.1, -0.05) is 41.5 Å². The maximum Gasteiger partial charge on any atom is 0.0473 e. The minimum absolute atomic E-state index is 0.657. The number of allylic oxidation sites excluding steroid dienone is 8. The molecule has 4 atom stereocenters. The summed E-state index contributed by atoms with van der Waals surface area (Å²) in [6.07, 6.45) is 37.6. The summed E-state index contributed by atoms with van der Waals surface area (Å²) in [4.78, 5) is 2.94. The molecule has 0 bridgehead atoms. The van der Waals surface area contributed by atoms with Crippen molar-refractivity contribution in [2.75, 3.05) is 0 Å². The van der Waals surface area contributed by atoms with Gasteiger partial charge < -0.3 is 4.90 Å². The second-order valence-corrected chi connectivity index (χ2v) is 11.8. The lowest BCUT2D eigenvalue weighted by atomic mass is 9.66. The highest BCUT2D eigenvalue weighted by atomic mass is 15.2. The van der Waals surface area contributed by atoms with Crippen LogP contribution in [0.5, 0.6) is 0 Å². The van der Waals surface area contributed by atoms with Crippen molar-refractivity contribution in [3.05, 3.63) is 58.4 Å². The van der Waals surface area contributed by atoms with E-state index in [0.717, 1.165) is 17.9 Å². The highest BCUT2D eigenvalue weighted by Gasteiger charge is 2.37. The molecule has 6 aliphatic rings. The van der Waals surface area contributed by atoms with Crippen LogP contribution in [-0.2, 0) is 0 Å². The van der Waals surface area contributed by atoms with E-state index in [9.17, 15) is 0 Å². The van der Waals surface area contributed by atoms with Crippen molar-refractivity contribution in [1.29, 1.82) is 0 Å². The first-order valence-electron chi connectivity index (χ1n) is 14.6. The molecule has 0 heterocycles. The fraction of sp³-hybridized carbons (Fsp3) is 0.688. The lowest BCUT2D eigenvalue weighted by Gasteiger charge is -2.47. The summed E-state index contributed by atoms with van der Waals surface area (Å²) in [5.74, 6) is 1.73. The summed E-state index contributed by atoms with van der Waals surface area (Å²) in [6.45, 7) is 0. The van der Waals surface area contributed by atoms with Gasteiger partial charge in [0.1, 0.15) is 0 Å². The summed E-state index contributed by atoms with van der Waals surface area (Å²) in [5, 5.41) is 0. The molecule has 0 N–H and O–H groups in total. The van der Waals surface area contributed by atoms with Crippen LogP contribution in [0.1, 0.15) is 116 Å².